The summed E-state index contributed by atoms with van der Waals surface area (Å²) in [6, 6.07) is 91.0. The van der Waals surface area contributed by atoms with Crippen molar-refractivity contribution in [3.05, 3.63) is 265 Å². The molecular formula is C71H46N6S. The predicted molar refractivity (Wildman–Crippen MR) is 324 cm³/mol. The number of hydrogen-bond donors (Lipinski definition) is 0. The van der Waals surface area contributed by atoms with Crippen LogP contribution in [0.3, 0.4) is 0 Å². The smallest absolute Gasteiger partial charge is 0.101 e. The number of hydrogen-bond acceptors (Lipinski definition) is 5. The van der Waals surface area contributed by atoms with Gasteiger partial charge in [0.05, 0.1) is 44.6 Å². The minimum absolute atomic E-state index is 0.279. The lowest BCUT2D eigenvalue weighted by Crippen LogP contribution is -2.15. The summed E-state index contributed by atoms with van der Waals surface area (Å²) in [6.07, 6.45) is 0. The topological polar surface area (TPSA) is 63.9 Å². The standard InChI is InChI=1S/C71H46N6S/c1-71(2)61-29-17-15-27-53(61)55-39-58-56-37-51(74(47-19-7-3-8-20-47)48-21-9-4-10-22-48)31-33-63(56)76(67(58)41-62(55)71)65-35-46(44-73)66(36-45(65)43-72)77-64-34-32-52(75(49-23-11-5-12-24-49)50-25-13-6-14-26-50)38-57(64)59-40-60-54-28-16-18-30-69(54)78-70(60)42-68(59)77/h3-42H,1-2H3. The molecule has 6 nitrogen and oxygen atoms in total. The molecular weight excluding hydrogens is 969 g/mol. The Hall–Kier alpha value is -10.2. The number of fused-ring (bicyclic) bond motifs is 12. The van der Waals surface area contributed by atoms with E-state index in [-0.39, 0.29) is 5.41 Å². The molecule has 1 aliphatic rings. The van der Waals surface area contributed by atoms with E-state index in [0.717, 1.165) is 82.4 Å². The Morgan fingerprint density at radius 2 is 0.795 bits per heavy atom. The number of anilines is 6. The van der Waals surface area contributed by atoms with Gasteiger partial charge in [-0.15, -0.1) is 11.3 Å². The normalized spacial score (nSPS) is 12.6. The highest BCUT2D eigenvalue weighted by molar-refractivity contribution is 7.25. The lowest BCUT2D eigenvalue weighted by Gasteiger charge is -2.25. The molecule has 0 N–H and O–H groups in total. The van der Waals surface area contributed by atoms with Crippen molar-refractivity contribution in [2.24, 2.45) is 0 Å². The average Bonchev–Trinajstić information content (AvgIpc) is 4.37. The molecule has 0 saturated heterocycles. The molecule has 0 radical (unpaired) electrons. The summed E-state index contributed by atoms with van der Waals surface area (Å²) in [5.41, 5.74) is 16.9. The van der Waals surface area contributed by atoms with Crippen LogP contribution >= 0.6 is 11.3 Å². The molecule has 0 unspecified atom stereocenters. The number of nitriles is 2. The Kier molecular flexibility index (Phi) is 10.1. The zero-order valence-corrected chi connectivity index (χ0v) is 43.5. The second-order valence-electron chi connectivity index (χ2n) is 20.7. The van der Waals surface area contributed by atoms with Gasteiger partial charge < -0.3 is 18.9 Å². The molecule has 3 heterocycles. The molecule has 3 aromatic heterocycles. The van der Waals surface area contributed by atoms with Crippen LogP contribution in [0.5, 0.6) is 0 Å². The molecule has 7 heteroatoms. The van der Waals surface area contributed by atoms with Gasteiger partial charge in [0.1, 0.15) is 12.1 Å². The summed E-state index contributed by atoms with van der Waals surface area (Å²) in [5.74, 6) is 0. The Morgan fingerprint density at radius 1 is 0.346 bits per heavy atom. The van der Waals surface area contributed by atoms with Gasteiger partial charge in [0.2, 0.25) is 0 Å². The number of rotatable bonds is 8. The first-order valence-electron chi connectivity index (χ1n) is 26.3. The molecule has 0 amide bonds. The van der Waals surface area contributed by atoms with Crippen molar-refractivity contribution in [3.63, 3.8) is 0 Å². The van der Waals surface area contributed by atoms with Crippen LogP contribution in [0.1, 0.15) is 36.1 Å². The third kappa shape index (κ3) is 6.79. The van der Waals surface area contributed by atoms with E-state index in [1.165, 1.54) is 37.7 Å². The summed E-state index contributed by atoms with van der Waals surface area (Å²) in [5, 5.41) is 29.7. The Labute approximate surface area is 455 Å². The Balaban J connectivity index is 0.988. The van der Waals surface area contributed by atoms with Gasteiger partial charge in [-0.2, -0.15) is 10.5 Å². The predicted octanol–water partition coefficient (Wildman–Crippen LogP) is 19.2. The van der Waals surface area contributed by atoms with E-state index in [1.807, 2.05) is 36.4 Å². The van der Waals surface area contributed by atoms with Crippen LogP contribution in [0.15, 0.2) is 243 Å². The summed E-state index contributed by atoms with van der Waals surface area (Å²) in [4.78, 5) is 4.58. The SMILES string of the molecule is CC1(C)c2ccccc2-c2cc3c4cc(N(c5ccccc5)c5ccccc5)ccc4n(-c4cc(C#N)c(-n5c6ccc(N(c7ccccc7)c7ccccc7)cc6c6cc7c(cc65)sc5ccccc57)cc4C#N)c3cc21. The van der Waals surface area contributed by atoms with E-state index in [0.29, 0.717) is 22.5 Å². The first kappa shape index (κ1) is 45.2. The zero-order valence-electron chi connectivity index (χ0n) is 42.7. The molecule has 0 atom stereocenters. The first-order valence-corrected chi connectivity index (χ1v) is 27.1. The highest BCUT2D eigenvalue weighted by Crippen LogP contribution is 2.52. The molecule has 0 fully saturated rings. The van der Waals surface area contributed by atoms with Gasteiger partial charge in [-0.1, -0.05) is 129 Å². The Bertz CT molecular complexity index is 4770. The second kappa shape index (κ2) is 17.4. The van der Waals surface area contributed by atoms with Crippen molar-refractivity contribution in [2.75, 3.05) is 9.80 Å². The van der Waals surface area contributed by atoms with Crippen molar-refractivity contribution in [2.45, 2.75) is 19.3 Å². The van der Waals surface area contributed by atoms with E-state index in [4.69, 9.17) is 0 Å². The van der Waals surface area contributed by atoms with E-state index in [1.54, 1.807) is 11.3 Å². The lowest BCUT2D eigenvalue weighted by atomic mass is 9.82. The van der Waals surface area contributed by atoms with Gasteiger partial charge in [-0.05, 0) is 150 Å². The van der Waals surface area contributed by atoms with Crippen molar-refractivity contribution in [3.8, 4) is 34.6 Å². The van der Waals surface area contributed by atoms with Crippen molar-refractivity contribution in [1.82, 2.24) is 9.13 Å². The number of nitrogens with zero attached hydrogens (tertiary/aromatic N) is 6. The fourth-order valence-electron chi connectivity index (χ4n) is 12.6. The number of benzene rings is 11. The van der Waals surface area contributed by atoms with Crippen LogP contribution in [0.4, 0.5) is 34.1 Å². The van der Waals surface area contributed by atoms with Crippen LogP contribution in [-0.2, 0) is 5.41 Å². The number of thiophene rings is 1. The largest absolute Gasteiger partial charge is 0.310 e. The minimum Gasteiger partial charge on any atom is -0.310 e. The van der Waals surface area contributed by atoms with Crippen LogP contribution in [0.2, 0.25) is 0 Å². The molecule has 14 aromatic rings. The summed E-state index contributed by atoms with van der Waals surface area (Å²) >= 11 is 1.77. The summed E-state index contributed by atoms with van der Waals surface area (Å²) in [7, 11) is 0. The van der Waals surface area contributed by atoms with Crippen LogP contribution in [0, 0.1) is 22.7 Å². The van der Waals surface area contributed by atoms with Crippen molar-refractivity contribution >= 4 is 109 Å². The molecule has 15 rings (SSSR count). The van der Waals surface area contributed by atoms with E-state index in [9.17, 15) is 10.5 Å². The van der Waals surface area contributed by atoms with Crippen LogP contribution in [-0.4, -0.2) is 9.13 Å². The van der Waals surface area contributed by atoms with Crippen LogP contribution < -0.4 is 9.80 Å². The molecule has 0 bridgehead atoms. The maximum absolute atomic E-state index is 11.6. The molecule has 0 aliphatic heterocycles. The van der Waals surface area contributed by atoms with Gasteiger partial charge in [0.25, 0.3) is 0 Å². The molecule has 11 aromatic carbocycles. The fraction of sp³-hybridized carbons (Fsp3) is 0.0423. The average molecular weight is 1020 g/mol. The molecule has 1 aliphatic carbocycles. The molecule has 366 valence electrons. The highest BCUT2D eigenvalue weighted by Gasteiger charge is 2.36. The quantitative estimate of drug-likeness (QED) is 0.152. The maximum Gasteiger partial charge on any atom is 0.101 e. The summed E-state index contributed by atoms with van der Waals surface area (Å²) < 4.78 is 6.81. The van der Waals surface area contributed by atoms with Gasteiger partial charge in [-0.3, -0.25) is 0 Å². The molecule has 78 heavy (non-hydrogen) atoms. The van der Waals surface area contributed by atoms with Gasteiger partial charge >= 0.3 is 0 Å². The second-order valence-corrected chi connectivity index (χ2v) is 21.8. The summed E-state index contributed by atoms with van der Waals surface area (Å²) in [6.45, 7) is 4.61. The number of aromatic nitrogens is 2. The maximum atomic E-state index is 11.6. The van der Waals surface area contributed by atoms with Crippen molar-refractivity contribution < 1.29 is 0 Å². The zero-order chi connectivity index (χ0) is 52.2. The lowest BCUT2D eigenvalue weighted by molar-refractivity contribution is 0.661. The molecule has 0 saturated carbocycles. The van der Waals surface area contributed by atoms with Crippen molar-refractivity contribution in [1.29, 1.82) is 10.5 Å². The monoisotopic (exact) mass is 1010 g/mol. The molecule has 0 spiro atoms. The van der Waals surface area contributed by atoms with Gasteiger partial charge in [-0.25, -0.2) is 0 Å². The van der Waals surface area contributed by atoms with E-state index >= 15 is 0 Å². The third-order valence-electron chi connectivity index (χ3n) is 16.1. The Morgan fingerprint density at radius 3 is 1.32 bits per heavy atom. The van der Waals surface area contributed by atoms with Crippen LogP contribution in [0.25, 0.3) is 86.3 Å². The van der Waals surface area contributed by atoms with Gasteiger partial charge in [0, 0.05) is 81.3 Å². The fourth-order valence-corrected chi connectivity index (χ4v) is 13.7. The minimum atomic E-state index is -0.279. The first-order chi connectivity index (χ1) is 38.4. The number of para-hydroxylation sites is 4. The van der Waals surface area contributed by atoms with E-state index in [2.05, 4.69) is 251 Å². The van der Waals surface area contributed by atoms with E-state index < -0.39 is 0 Å². The van der Waals surface area contributed by atoms with Gasteiger partial charge in [0.15, 0.2) is 0 Å². The highest BCUT2D eigenvalue weighted by atomic mass is 32.1. The third-order valence-corrected chi connectivity index (χ3v) is 17.2.